The third kappa shape index (κ3) is 9.31. The molecule has 160 valence electrons. The summed E-state index contributed by atoms with van der Waals surface area (Å²) >= 11 is 0. The van der Waals surface area contributed by atoms with E-state index in [1.54, 1.807) is 7.05 Å². The number of likely N-dealkylation sites (N-methyl/N-ethyl adjacent to an activating group) is 1. The molecule has 0 atom stereocenters. The van der Waals surface area contributed by atoms with Crippen molar-refractivity contribution in [3.05, 3.63) is 71.3 Å². The standard InChI is InChI=1S/C22H28N4O4/c1-23-12-20(27)24-13-21(28)25-14-22(29)26-16-30-15-19-9-5-8-18(11-19)10-17-6-3-2-4-7-17/h2-9,11,23H,10,12-16H2,1H3,(H,24,27)(H,25,28)(H,26,29). The van der Waals surface area contributed by atoms with E-state index in [0.29, 0.717) is 6.61 Å². The lowest BCUT2D eigenvalue weighted by Gasteiger charge is -2.09. The SMILES string of the molecule is CNCC(=O)NCC(=O)NCC(=O)NCOCc1cccc(Cc2ccccc2)c1. The highest BCUT2D eigenvalue weighted by atomic mass is 16.5. The van der Waals surface area contributed by atoms with Gasteiger partial charge in [0.05, 0.1) is 26.2 Å². The molecule has 2 aromatic rings. The van der Waals surface area contributed by atoms with E-state index in [0.717, 1.165) is 12.0 Å². The number of carbonyl (C=O) groups excluding carboxylic acids is 3. The van der Waals surface area contributed by atoms with Crippen molar-refractivity contribution < 1.29 is 19.1 Å². The van der Waals surface area contributed by atoms with E-state index in [1.807, 2.05) is 30.3 Å². The van der Waals surface area contributed by atoms with E-state index < -0.39 is 5.91 Å². The lowest BCUT2D eigenvalue weighted by molar-refractivity contribution is -0.128. The average Bonchev–Trinajstić information content (AvgIpc) is 2.75. The summed E-state index contributed by atoms with van der Waals surface area (Å²) in [6.07, 6.45) is 0.848. The van der Waals surface area contributed by atoms with Crippen molar-refractivity contribution >= 4 is 17.7 Å². The van der Waals surface area contributed by atoms with Crippen molar-refractivity contribution in [1.82, 2.24) is 21.3 Å². The average molecular weight is 412 g/mol. The summed E-state index contributed by atoms with van der Waals surface area (Å²) in [6, 6.07) is 18.3. The zero-order valence-corrected chi connectivity index (χ0v) is 17.1. The molecule has 8 heteroatoms. The molecule has 0 aliphatic rings. The van der Waals surface area contributed by atoms with Crippen LogP contribution in [0, 0.1) is 0 Å². The predicted octanol–water partition coefficient (Wildman–Crippen LogP) is 0.320. The normalized spacial score (nSPS) is 10.3. The molecule has 0 bridgehead atoms. The molecular formula is C22H28N4O4. The van der Waals surface area contributed by atoms with Crippen molar-refractivity contribution in [3.8, 4) is 0 Å². The van der Waals surface area contributed by atoms with E-state index in [1.165, 1.54) is 11.1 Å². The van der Waals surface area contributed by atoms with Crippen LogP contribution in [-0.2, 0) is 32.1 Å². The molecule has 0 aromatic heterocycles. The maximum Gasteiger partial charge on any atom is 0.241 e. The molecule has 0 radical (unpaired) electrons. The quantitative estimate of drug-likeness (QED) is 0.297. The van der Waals surface area contributed by atoms with Crippen molar-refractivity contribution in [3.63, 3.8) is 0 Å². The predicted molar refractivity (Wildman–Crippen MR) is 113 cm³/mol. The lowest BCUT2D eigenvalue weighted by atomic mass is 10.0. The van der Waals surface area contributed by atoms with Gasteiger partial charge in [0, 0.05) is 0 Å². The number of carbonyl (C=O) groups is 3. The minimum absolute atomic E-state index is 0.0382. The maximum absolute atomic E-state index is 11.8. The first-order chi connectivity index (χ1) is 14.6. The maximum atomic E-state index is 11.8. The van der Waals surface area contributed by atoms with Crippen LogP contribution in [0.1, 0.15) is 16.7 Å². The van der Waals surface area contributed by atoms with Gasteiger partial charge in [-0.05, 0) is 30.2 Å². The smallest absolute Gasteiger partial charge is 0.241 e. The summed E-state index contributed by atoms with van der Waals surface area (Å²) in [4.78, 5) is 34.6. The molecule has 0 unspecified atom stereocenters. The molecule has 0 spiro atoms. The molecule has 0 aliphatic heterocycles. The number of nitrogens with one attached hydrogen (secondary N) is 4. The Hall–Kier alpha value is -3.23. The van der Waals surface area contributed by atoms with Crippen molar-refractivity contribution in [1.29, 1.82) is 0 Å². The molecule has 0 fully saturated rings. The van der Waals surface area contributed by atoms with Gasteiger partial charge in [-0.3, -0.25) is 14.4 Å². The largest absolute Gasteiger partial charge is 0.357 e. The Morgan fingerprint density at radius 2 is 1.33 bits per heavy atom. The zero-order valence-electron chi connectivity index (χ0n) is 17.1. The summed E-state index contributed by atoms with van der Waals surface area (Å²) in [5.41, 5.74) is 3.45. The fraction of sp³-hybridized carbons (Fsp3) is 0.318. The molecule has 8 nitrogen and oxygen atoms in total. The second-order valence-electron chi connectivity index (χ2n) is 6.66. The van der Waals surface area contributed by atoms with Gasteiger partial charge in [-0.1, -0.05) is 54.6 Å². The van der Waals surface area contributed by atoms with Crippen LogP contribution in [0.25, 0.3) is 0 Å². The summed E-state index contributed by atoms with van der Waals surface area (Å²) in [6.45, 7) is 0.170. The van der Waals surface area contributed by atoms with Crippen LogP contribution in [0.4, 0.5) is 0 Å². The Labute approximate surface area is 176 Å². The summed E-state index contributed by atoms with van der Waals surface area (Å²) in [7, 11) is 1.63. The number of rotatable bonds is 12. The first-order valence-electron chi connectivity index (χ1n) is 9.71. The second kappa shape index (κ2) is 13.1. The summed E-state index contributed by atoms with van der Waals surface area (Å²) < 4.78 is 5.50. The Balaban J connectivity index is 1.61. The van der Waals surface area contributed by atoms with E-state index in [-0.39, 0.29) is 38.2 Å². The highest BCUT2D eigenvalue weighted by Crippen LogP contribution is 2.12. The molecule has 0 saturated heterocycles. The van der Waals surface area contributed by atoms with Gasteiger partial charge in [0.2, 0.25) is 17.7 Å². The van der Waals surface area contributed by atoms with Gasteiger partial charge >= 0.3 is 0 Å². The highest BCUT2D eigenvalue weighted by molar-refractivity contribution is 5.88. The zero-order chi connectivity index (χ0) is 21.6. The Morgan fingerprint density at radius 1 is 0.733 bits per heavy atom. The van der Waals surface area contributed by atoms with Crippen LogP contribution >= 0.6 is 0 Å². The molecule has 2 rings (SSSR count). The fourth-order valence-electron chi connectivity index (χ4n) is 2.67. The van der Waals surface area contributed by atoms with Crippen LogP contribution in [0.15, 0.2) is 54.6 Å². The number of ether oxygens (including phenoxy) is 1. The Bertz CT molecular complexity index is 827. The topological polar surface area (TPSA) is 109 Å². The first-order valence-corrected chi connectivity index (χ1v) is 9.71. The third-order valence-corrected chi connectivity index (χ3v) is 4.11. The Kier molecular flexibility index (Phi) is 10.0. The van der Waals surface area contributed by atoms with E-state index >= 15 is 0 Å². The molecule has 2 aromatic carbocycles. The Morgan fingerprint density at radius 3 is 2.03 bits per heavy atom. The van der Waals surface area contributed by atoms with Crippen molar-refractivity contribution in [2.45, 2.75) is 13.0 Å². The van der Waals surface area contributed by atoms with Crippen molar-refractivity contribution in [2.75, 3.05) is 33.4 Å². The van der Waals surface area contributed by atoms with Gasteiger partial charge in [0.1, 0.15) is 6.73 Å². The van der Waals surface area contributed by atoms with Crippen molar-refractivity contribution in [2.24, 2.45) is 0 Å². The molecular weight excluding hydrogens is 384 g/mol. The first kappa shape index (κ1) is 23.1. The fourth-order valence-corrected chi connectivity index (χ4v) is 2.67. The lowest BCUT2D eigenvalue weighted by Crippen LogP contribution is -2.43. The van der Waals surface area contributed by atoms with Crippen LogP contribution in [0.5, 0.6) is 0 Å². The van der Waals surface area contributed by atoms with Crippen LogP contribution in [0.3, 0.4) is 0 Å². The van der Waals surface area contributed by atoms with E-state index in [2.05, 4.69) is 45.5 Å². The third-order valence-electron chi connectivity index (χ3n) is 4.11. The molecule has 0 heterocycles. The van der Waals surface area contributed by atoms with Gasteiger partial charge in [-0.15, -0.1) is 0 Å². The van der Waals surface area contributed by atoms with Gasteiger partial charge in [-0.25, -0.2) is 0 Å². The molecule has 0 aliphatic carbocycles. The number of hydrogen-bond donors (Lipinski definition) is 4. The molecule has 3 amide bonds. The minimum Gasteiger partial charge on any atom is -0.357 e. The van der Waals surface area contributed by atoms with Gasteiger partial charge in [0.25, 0.3) is 0 Å². The minimum atomic E-state index is -0.439. The molecule has 0 saturated carbocycles. The highest BCUT2D eigenvalue weighted by Gasteiger charge is 2.07. The number of benzene rings is 2. The van der Waals surface area contributed by atoms with Gasteiger partial charge in [0.15, 0.2) is 0 Å². The monoisotopic (exact) mass is 412 g/mol. The summed E-state index contributed by atoms with van der Waals surface area (Å²) in [5, 5.41) is 10.1. The van der Waals surface area contributed by atoms with Crippen LogP contribution in [-0.4, -0.2) is 51.1 Å². The second-order valence-corrected chi connectivity index (χ2v) is 6.66. The van der Waals surface area contributed by atoms with Gasteiger partial charge in [-0.2, -0.15) is 0 Å². The van der Waals surface area contributed by atoms with E-state index in [4.69, 9.17) is 4.74 Å². The number of hydrogen-bond acceptors (Lipinski definition) is 5. The summed E-state index contributed by atoms with van der Waals surface area (Å²) in [5.74, 6) is -1.10. The number of amides is 3. The van der Waals surface area contributed by atoms with E-state index in [9.17, 15) is 14.4 Å². The van der Waals surface area contributed by atoms with Gasteiger partial charge < -0.3 is 26.0 Å². The molecule has 4 N–H and O–H groups in total. The van der Waals surface area contributed by atoms with Crippen LogP contribution in [0.2, 0.25) is 0 Å². The molecule has 30 heavy (non-hydrogen) atoms. The van der Waals surface area contributed by atoms with Crippen LogP contribution < -0.4 is 21.3 Å².